The maximum absolute atomic E-state index is 12.5. The zero-order valence-electron chi connectivity index (χ0n) is 14.9. The molecule has 0 unspecified atom stereocenters. The Morgan fingerprint density at radius 3 is 2.27 bits per heavy atom. The first-order chi connectivity index (χ1) is 12.4. The Morgan fingerprint density at radius 2 is 1.69 bits per heavy atom. The molecule has 0 aliphatic carbocycles. The smallest absolute Gasteiger partial charge is 0.416 e. The summed E-state index contributed by atoms with van der Waals surface area (Å²) in [5.41, 5.74) is -0.172. The van der Waals surface area contributed by atoms with Crippen molar-refractivity contribution in [1.82, 2.24) is 9.80 Å². The maximum atomic E-state index is 12.5. The van der Waals surface area contributed by atoms with Gasteiger partial charge in [0.1, 0.15) is 6.61 Å². The van der Waals surface area contributed by atoms with Gasteiger partial charge >= 0.3 is 12.3 Å². The molecule has 0 saturated carbocycles. The maximum Gasteiger partial charge on any atom is 0.416 e. The lowest BCUT2D eigenvalue weighted by molar-refractivity contribution is -0.137. The van der Waals surface area contributed by atoms with Crippen LogP contribution in [0, 0.1) is 6.92 Å². The van der Waals surface area contributed by atoms with E-state index in [0.29, 0.717) is 18.7 Å². The number of piperazine rings is 1. The van der Waals surface area contributed by atoms with Gasteiger partial charge in [0.2, 0.25) is 0 Å². The van der Waals surface area contributed by atoms with Crippen molar-refractivity contribution in [3.05, 3.63) is 42.3 Å². The third-order valence-electron chi connectivity index (χ3n) is 4.50. The minimum absolute atomic E-state index is 0.0256. The molecule has 0 N–H and O–H groups in total. The van der Waals surface area contributed by atoms with Crippen LogP contribution in [0.3, 0.4) is 0 Å². The van der Waals surface area contributed by atoms with Crippen molar-refractivity contribution >= 4 is 6.09 Å². The number of unbranched alkanes of at least 4 members (excludes halogenated alkanes) is 3. The van der Waals surface area contributed by atoms with Crippen molar-refractivity contribution in [2.75, 3.05) is 32.7 Å². The van der Waals surface area contributed by atoms with Crippen LogP contribution in [0.4, 0.5) is 18.0 Å². The van der Waals surface area contributed by atoms with Crippen molar-refractivity contribution in [2.45, 2.75) is 38.5 Å². The van der Waals surface area contributed by atoms with E-state index in [1.807, 2.05) is 0 Å². The SMILES string of the molecule is [CH2]CCCCCN1CCN(C(=O)OCc2ccc(C(F)(F)F)cc2)CC1. The largest absolute Gasteiger partial charge is 0.445 e. The third-order valence-corrected chi connectivity index (χ3v) is 4.50. The van der Waals surface area contributed by atoms with E-state index in [2.05, 4.69) is 11.8 Å². The van der Waals surface area contributed by atoms with Crippen LogP contribution in [-0.4, -0.2) is 48.6 Å². The number of amides is 1. The number of hydrogen-bond acceptors (Lipinski definition) is 3. The number of halogens is 3. The van der Waals surface area contributed by atoms with E-state index in [4.69, 9.17) is 4.74 Å². The molecule has 1 aliphatic heterocycles. The summed E-state index contributed by atoms with van der Waals surface area (Å²) in [4.78, 5) is 16.1. The quantitative estimate of drug-likeness (QED) is 0.668. The fraction of sp³-hybridized carbons (Fsp3) is 0.579. The van der Waals surface area contributed by atoms with E-state index in [1.165, 1.54) is 18.6 Å². The molecular formula is C19H26F3N2O2. The first-order valence-electron chi connectivity index (χ1n) is 8.99. The van der Waals surface area contributed by atoms with Crippen molar-refractivity contribution in [3.63, 3.8) is 0 Å². The lowest BCUT2D eigenvalue weighted by Crippen LogP contribution is -2.48. The number of hydrogen-bond donors (Lipinski definition) is 0. The number of rotatable bonds is 7. The molecule has 0 spiro atoms. The highest BCUT2D eigenvalue weighted by molar-refractivity contribution is 5.67. The highest BCUT2D eigenvalue weighted by Crippen LogP contribution is 2.29. The molecule has 145 valence electrons. The van der Waals surface area contributed by atoms with E-state index < -0.39 is 17.8 Å². The van der Waals surface area contributed by atoms with Gasteiger partial charge in [-0.2, -0.15) is 13.2 Å². The fourth-order valence-electron chi connectivity index (χ4n) is 2.87. The molecule has 1 aromatic carbocycles. The summed E-state index contributed by atoms with van der Waals surface area (Å²) < 4.78 is 42.8. The summed E-state index contributed by atoms with van der Waals surface area (Å²) in [7, 11) is 0. The number of nitrogens with zero attached hydrogens (tertiary/aromatic N) is 2. The number of ether oxygens (including phenoxy) is 1. The predicted octanol–water partition coefficient (Wildman–Crippen LogP) is 4.35. The molecule has 0 bridgehead atoms. The topological polar surface area (TPSA) is 32.8 Å². The predicted molar refractivity (Wildman–Crippen MR) is 93.5 cm³/mol. The second-order valence-corrected chi connectivity index (χ2v) is 6.49. The van der Waals surface area contributed by atoms with E-state index in [9.17, 15) is 18.0 Å². The van der Waals surface area contributed by atoms with Crippen LogP contribution in [0.1, 0.15) is 36.8 Å². The van der Waals surface area contributed by atoms with Gasteiger partial charge in [-0.25, -0.2) is 4.79 Å². The first-order valence-corrected chi connectivity index (χ1v) is 8.99. The van der Waals surface area contributed by atoms with Gasteiger partial charge < -0.3 is 9.64 Å². The minimum Gasteiger partial charge on any atom is -0.445 e. The van der Waals surface area contributed by atoms with Gasteiger partial charge in [-0.05, 0) is 30.7 Å². The number of benzene rings is 1. The summed E-state index contributed by atoms with van der Waals surface area (Å²) in [6.45, 7) is 7.71. The molecule has 1 heterocycles. The molecule has 0 atom stereocenters. The van der Waals surface area contributed by atoms with Gasteiger partial charge in [0.25, 0.3) is 0 Å². The molecular weight excluding hydrogens is 345 g/mol. The Kier molecular flexibility index (Phi) is 7.75. The van der Waals surface area contributed by atoms with Gasteiger partial charge in [-0.15, -0.1) is 0 Å². The zero-order valence-corrected chi connectivity index (χ0v) is 14.9. The summed E-state index contributed by atoms with van der Waals surface area (Å²) in [5.74, 6) is 0. The van der Waals surface area contributed by atoms with Gasteiger partial charge in [-0.1, -0.05) is 38.3 Å². The van der Waals surface area contributed by atoms with Gasteiger partial charge in [-0.3, -0.25) is 4.90 Å². The molecule has 1 fully saturated rings. The zero-order chi connectivity index (χ0) is 19.0. The minimum atomic E-state index is -4.36. The number of carbonyl (C=O) groups excluding carboxylic acids is 1. The molecule has 1 saturated heterocycles. The molecule has 7 heteroatoms. The molecule has 1 aromatic rings. The highest BCUT2D eigenvalue weighted by atomic mass is 19.4. The average molecular weight is 371 g/mol. The van der Waals surface area contributed by atoms with Crippen molar-refractivity contribution in [3.8, 4) is 0 Å². The molecule has 1 aliphatic rings. The normalized spacial score (nSPS) is 15.9. The molecule has 2 rings (SSSR count). The molecule has 1 amide bonds. The summed E-state index contributed by atoms with van der Waals surface area (Å²) in [5, 5.41) is 0. The monoisotopic (exact) mass is 371 g/mol. The Labute approximate surface area is 152 Å². The Hall–Kier alpha value is -1.76. The van der Waals surface area contributed by atoms with Crippen molar-refractivity contribution < 1.29 is 22.7 Å². The van der Waals surface area contributed by atoms with E-state index in [-0.39, 0.29) is 6.61 Å². The van der Waals surface area contributed by atoms with Crippen LogP contribution in [0.15, 0.2) is 24.3 Å². The third kappa shape index (κ3) is 6.52. The summed E-state index contributed by atoms with van der Waals surface area (Å²) in [6, 6.07) is 4.66. The van der Waals surface area contributed by atoms with Gasteiger partial charge in [0.05, 0.1) is 5.56 Å². The number of alkyl halides is 3. The highest BCUT2D eigenvalue weighted by Gasteiger charge is 2.30. The van der Waals surface area contributed by atoms with Crippen LogP contribution >= 0.6 is 0 Å². The lowest BCUT2D eigenvalue weighted by atomic mass is 10.1. The van der Waals surface area contributed by atoms with Crippen LogP contribution in [0.2, 0.25) is 0 Å². The van der Waals surface area contributed by atoms with Crippen LogP contribution in [0.5, 0.6) is 0 Å². The van der Waals surface area contributed by atoms with Crippen LogP contribution < -0.4 is 0 Å². The Balaban J connectivity index is 1.69. The summed E-state index contributed by atoms with van der Waals surface area (Å²) in [6.07, 6.45) is -0.328. The second kappa shape index (κ2) is 9.80. The molecule has 0 aromatic heterocycles. The number of carbonyl (C=O) groups is 1. The van der Waals surface area contributed by atoms with Crippen molar-refractivity contribution in [1.29, 1.82) is 0 Å². The standard InChI is InChI=1S/C19H26F3N2O2/c1-2-3-4-5-10-23-11-13-24(14-12-23)18(25)26-15-16-6-8-17(9-7-16)19(20,21)22/h6-9H,1-5,10-15H2. The van der Waals surface area contributed by atoms with E-state index >= 15 is 0 Å². The van der Waals surface area contributed by atoms with Gasteiger partial charge in [0, 0.05) is 26.2 Å². The first kappa shape index (κ1) is 20.6. The van der Waals surface area contributed by atoms with Gasteiger partial charge in [0.15, 0.2) is 0 Å². The molecule has 1 radical (unpaired) electrons. The molecule has 4 nitrogen and oxygen atoms in total. The van der Waals surface area contributed by atoms with Crippen LogP contribution in [-0.2, 0) is 17.5 Å². The lowest BCUT2D eigenvalue weighted by Gasteiger charge is -2.34. The van der Waals surface area contributed by atoms with Crippen molar-refractivity contribution in [2.24, 2.45) is 0 Å². The van der Waals surface area contributed by atoms with E-state index in [1.54, 1.807) is 4.90 Å². The Bertz CT molecular complexity index is 553. The summed E-state index contributed by atoms with van der Waals surface area (Å²) >= 11 is 0. The molecule has 26 heavy (non-hydrogen) atoms. The van der Waals surface area contributed by atoms with Crippen LogP contribution in [0.25, 0.3) is 0 Å². The average Bonchev–Trinajstić information content (AvgIpc) is 2.63. The van der Waals surface area contributed by atoms with E-state index in [0.717, 1.165) is 51.0 Å². The fourth-order valence-corrected chi connectivity index (χ4v) is 2.87. The Morgan fingerprint density at radius 1 is 1.04 bits per heavy atom. The second-order valence-electron chi connectivity index (χ2n) is 6.49.